The number of halogens is 1. The minimum atomic E-state index is -0.108. The molecule has 0 unspecified atom stereocenters. The lowest BCUT2D eigenvalue weighted by Gasteiger charge is -2.24. The fourth-order valence-electron chi connectivity index (χ4n) is 3.51. The van der Waals surface area contributed by atoms with E-state index in [0.717, 1.165) is 24.4 Å². The standard InChI is InChI=1S/C19H18ClN3O/c20-14-8-10-15(11-9-14)23-18(13-5-2-1-3-6-13)22-16-7-4-12-21-17(16)19(23)24/h4,7-13H,1-3,5-6H2. The van der Waals surface area contributed by atoms with Crippen molar-refractivity contribution in [2.75, 3.05) is 0 Å². The van der Waals surface area contributed by atoms with Crippen molar-refractivity contribution in [3.63, 3.8) is 0 Å². The zero-order chi connectivity index (χ0) is 16.5. The number of rotatable bonds is 2. The van der Waals surface area contributed by atoms with Crippen molar-refractivity contribution in [1.29, 1.82) is 0 Å². The van der Waals surface area contributed by atoms with Gasteiger partial charge in [0.25, 0.3) is 5.56 Å². The van der Waals surface area contributed by atoms with Crippen molar-refractivity contribution in [1.82, 2.24) is 14.5 Å². The Hall–Kier alpha value is -2.20. The number of benzene rings is 1. The first kappa shape index (κ1) is 15.3. The smallest absolute Gasteiger partial charge is 0.266 e. The topological polar surface area (TPSA) is 47.8 Å². The monoisotopic (exact) mass is 339 g/mol. The molecule has 1 aliphatic rings. The molecule has 24 heavy (non-hydrogen) atoms. The highest BCUT2D eigenvalue weighted by Crippen LogP contribution is 2.32. The van der Waals surface area contributed by atoms with Crippen LogP contribution in [0.25, 0.3) is 16.7 Å². The Bertz CT molecular complexity index is 927. The van der Waals surface area contributed by atoms with Gasteiger partial charge in [0.15, 0.2) is 5.52 Å². The molecule has 0 atom stereocenters. The lowest BCUT2D eigenvalue weighted by molar-refractivity contribution is 0.422. The van der Waals surface area contributed by atoms with Crippen molar-refractivity contribution in [3.05, 3.63) is 63.8 Å². The van der Waals surface area contributed by atoms with Crippen LogP contribution in [0, 0.1) is 0 Å². The number of hydrogen-bond acceptors (Lipinski definition) is 3. The van der Waals surface area contributed by atoms with Gasteiger partial charge in [-0.15, -0.1) is 0 Å². The highest BCUT2D eigenvalue weighted by Gasteiger charge is 2.23. The van der Waals surface area contributed by atoms with E-state index >= 15 is 0 Å². The summed E-state index contributed by atoms with van der Waals surface area (Å²) in [4.78, 5) is 22.2. The summed E-state index contributed by atoms with van der Waals surface area (Å²) in [7, 11) is 0. The van der Waals surface area contributed by atoms with Gasteiger partial charge in [-0.1, -0.05) is 30.9 Å². The van der Waals surface area contributed by atoms with Crippen LogP contribution >= 0.6 is 11.6 Å². The van der Waals surface area contributed by atoms with E-state index in [-0.39, 0.29) is 5.56 Å². The number of hydrogen-bond donors (Lipinski definition) is 0. The van der Waals surface area contributed by atoms with Crippen molar-refractivity contribution >= 4 is 22.6 Å². The minimum absolute atomic E-state index is 0.108. The molecule has 0 N–H and O–H groups in total. The molecule has 2 aromatic heterocycles. The Morgan fingerprint density at radius 1 is 1.04 bits per heavy atom. The van der Waals surface area contributed by atoms with Gasteiger partial charge in [0.05, 0.1) is 11.2 Å². The van der Waals surface area contributed by atoms with Crippen LogP contribution in [0.4, 0.5) is 0 Å². The van der Waals surface area contributed by atoms with E-state index in [0.29, 0.717) is 22.0 Å². The van der Waals surface area contributed by atoms with Crippen LogP contribution in [0.1, 0.15) is 43.8 Å². The lowest BCUT2D eigenvalue weighted by atomic mass is 9.88. The average molecular weight is 340 g/mol. The number of aromatic nitrogens is 3. The van der Waals surface area contributed by atoms with Gasteiger partial charge >= 0.3 is 0 Å². The molecule has 4 rings (SSSR count). The largest absolute Gasteiger partial charge is 0.284 e. The molecule has 1 aliphatic carbocycles. The zero-order valence-electron chi connectivity index (χ0n) is 13.3. The molecule has 1 aromatic carbocycles. The van der Waals surface area contributed by atoms with Gasteiger partial charge in [-0.2, -0.15) is 0 Å². The summed E-state index contributed by atoms with van der Waals surface area (Å²) in [6, 6.07) is 11.0. The Labute approximate surface area is 145 Å². The van der Waals surface area contributed by atoms with E-state index in [1.54, 1.807) is 22.9 Å². The molecule has 4 nitrogen and oxygen atoms in total. The van der Waals surface area contributed by atoms with Crippen molar-refractivity contribution in [2.24, 2.45) is 0 Å². The first-order chi connectivity index (χ1) is 11.7. The molecule has 1 saturated carbocycles. The first-order valence-corrected chi connectivity index (χ1v) is 8.75. The first-order valence-electron chi connectivity index (χ1n) is 8.37. The van der Waals surface area contributed by atoms with Crippen molar-refractivity contribution in [2.45, 2.75) is 38.0 Å². The number of pyridine rings is 1. The number of fused-ring (bicyclic) bond motifs is 1. The molecule has 122 valence electrons. The van der Waals surface area contributed by atoms with Crippen LogP contribution < -0.4 is 5.56 Å². The molecule has 5 heteroatoms. The highest BCUT2D eigenvalue weighted by atomic mass is 35.5. The summed E-state index contributed by atoms with van der Waals surface area (Å²) in [6.45, 7) is 0. The minimum Gasteiger partial charge on any atom is -0.266 e. The fraction of sp³-hybridized carbons (Fsp3) is 0.316. The molecular weight excluding hydrogens is 322 g/mol. The summed E-state index contributed by atoms with van der Waals surface area (Å²) in [5.74, 6) is 1.16. The molecule has 0 aliphatic heterocycles. The number of nitrogens with zero attached hydrogens (tertiary/aromatic N) is 3. The van der Waals surface area contributed by atoms with E-state index in [1.807, 2.05) is 24.3 Å². The second kappa shape index (κ2) is 6.36. The predicted octanol–water partition coefficient (Wildman–Crippen LogP) is 4.48. The van der Waals surface area contributed by atoms with E-state index in [9.17, 15) is 4.79 Å². The van der Waals surface area contributed by atoms with Crippen LogP contribution in [0.2, 0.25) is 5.02 Å². The van der Waals surface area contributed by atoms with Gasteiger partial charge in [0.1, 0.15) is 5.82 Å². The summed E-state index contributed by atoms with van der Waals surface area (Å²) in [5.41, 5.74) is 1.77. The van der Waals surface area contributed by atoms with Crippen LogP contribution in [0.15, 0.2) is 47.4 Å². The molecular formula is C19H18ClN3O. The third kappa shape index (κ3) is 2.71. The van der Waals surface area contributed by atoms with Crippen LogP contribution in [0.5, 0.6) is 0 Å². The maximum Gasteiger partial charge on any atom is 0.284 e. The maximum absolute atomic E-state index is 13.1. The predicted molar refractivity (Wildman–Crippen MR) is 96.0 cm³/mol. The summed E-state index contributed by atoms with van der Waals surface area (Å²) in [6.07, 6.45) is 7.42. The third-order valence-corrected chi connectivity index (χ3v) is 4.96. The Kier molecular flexibility index (Phi) is 4.07. The van der Waals surface area contributed by atoms with E-state index < -0.39 is 0 Å². The summed E-state index contributed by atoms with van der Waals surface area (Å²) < 4.78 is 1.72. The Morgan fingerprint density at radius 2 is 1.79 bits per heavy atom. The Morgan fingerprint density at radius 3 is 2.54 bits per heavy atom. The van der Waals surface area contributed by atoms with Crippen molar-refractivity contribution in [3.8, 4) is 5.69 Å². The quantitative estimate of drug-likeness (QED) is 0.691. The molecule has 2 heterocycles. The molecule has 0 amide bonds. The van der Waals surface area contributed by atoms with Gasteiger partial charge in [0, 0.05) is 17.1 Å². The maximum atomic E-state index is 13.1. The van der Waals surface area contributed by atoms with Crippen LogP contribution in [-0.2, 0) is 0 Å². The molecule has 0 radical (unpaired) electrons. The van der Waals surface area contributed by atoms with Gasteiger partial charge in [-0.05, 0) is 49.2 Å². The molecule has 0 bridgehead atoms. The SMILES string of the molecule is O=c1c2ncccc2nc(C2CCCCC2)n1-c1ccc(Cl)cc1. The Balaban J connectivity index is 1.99. The third-order valence-electron chi connectivity index (χ3n) is 4.71. The van der Waals surface area contributed by atoms with Crippen LogP contribution in [0.3, 0.4) is 0 Å². The van der Waals surface area contributed by atoms with E-state index in [1.165, 1.54) is 19.3 Å². The second-order valence-electron chi connectivity index (χ2n) is 6.29. The van der Waals surface area contributed by atoms with E-state index in [4.69, 9.17) is 16.6 Å². The normalized spacial score (nSPS) is 15.7. The van der Waals surface area contributed by atoms with Gasteiger partial charge < -0.3 is 0 Å². The van der Waals surface area contributed by atoms with Crippen LogP contribution in [-0.4, -0.2) is 14.5 Å². The molecule has 0 spiro atoms. The van der Waals surface area contributed by atoms with Crippen molar-refractivity contribution < 1.29 is 0 Å². The van der Waals surface area contributed by atoms with Gasteiger partial charge in [-0.25, -0.2) is 9.97 Å². The fourth-order valence-corrected chi connectivity index (χ4v) is 3.64. The molecule has 1 fully saturated rings. The second-order valence-corrected chi connectivity index (χ2v) is 6.73. The average Bonchev–Trinajstić information content (AvgIpc) is 2.63. The zero-order valence-corrected chi connectivity index (χ0v) is 14.0. The van der Waals surface area contributed by atoms with Gasteiger partial charge in [0.2, 0.25) is 0 Å². The van der Waals surface area contributed by atoms with Gasteiger partial charge in [-0.3, -0.25) is 9.36 Å². The summed E-state index contributed by atoms with van der Waals surface area (Å²) in [5, 5.41) is 0.651. The molecule has 0 saturated heterocycles. The van der Waals surface area contributed by atoms with E-state index in [2.05, 4.69) is 4.98 Å². The summed E-state index contributed by atoms with van der Waals surface area (Å²) >= 11 is 6.01. The highest BCUT2D eigenvalue weighted by molar-refractivity contribution is 6.30. The lowest BCUT2D eigenvalue weighted by Crippen LogP contribution is -2.27. The molecule has 3 aromatic rings.